The first-order chi connectivity index (χ1) is 9.16. The van der Waals surface area contributed by atoms with Crippen molar-refractivity contribution in [2.24, 2.45) is 11.7 Å². The van der Waals surface area contributed by atoms with Crippen molar-refractivity contribution < 1.29 is 4.79 Å². The molecule has 0 saturated heterocycles. The van der Waals surface area contributed by atoms with Crippen molar-refractivity contribution in [3.8, 4) is 0 Å². The fourth-order valence-electron chi connectivity index (χ4n) is 2.66. The third-order valence-corrected chi connectivity index (χ3v) is 3.93. The predicted octanol–water partition coefficient (Wildman–Crippen LogP) is 3.62. The third kappa shape index (κ3) is 4.06. The molecule has 1 aromatic carbocycles. The molecule has 104 valence electrons. The second-order valence-electron chi connectivity index (χ2n) is 5.59. The van der Waals surface area contributed by atoms with Gasteiger partial charge < -0.3 is 11.1 Å². The van der Waals surface area contributed by atoms with Crippen molar-refractivity contribution in [3.63, 3.8) is 0 Å². The highest BCUT2D eigenvalue weighted by Crippen LogP contribution is 2.24. The number of carbonyl (C=O) groups excluding carboxylic acids is 1. The topological polar surface area (TPSA) is 55.1 Å². The Kier molecular flexibility index (Phi) is 4.97. The molecule has 0 heterocycles. The van der Waals surface area contributed by atoms with Crippen molar-refractivity contribution in [2.75, 3.05) is 5.32 Å². The first-order valence-electron chi connectivity index (χ1n) is 7.33. The smallest absolute Gasteiger partial charge is 0.227 e. The van der Waals surface area contributed by atoms with Crippen LogP contribution >= 0.6 is 0 Å². The Balaban J connectivity index is 1.94. The minimum Gasteiger partial charge on any atom is -0.326 e. The van der Waals surface area contributed by atoms with E-state index in [-0.39, 0.29) is 17.9 Å². The fraction of sp³-hybridized carbons (Fsp3) is 0.562. The van der Waals surface area contributed by atoms with Crippen LogP contribution in [0.3, 0.4) is 0 Å². The Morgan fingerprint density at radius 2 is 1.74 bits per heavy atom. The van der Waals surface area contributed by atoms with Crippen LogP contribution < -0.4 is 11.1 Å². The molecule has 0 spiro atoms. The molecule has 1 fully saturated rings. The van der Waals surface area contributed by atoms with Crippen LogP contribution in [-0.2, 0) is 4.79 Å². The lowest BCUT2D eigenvalue weighted by atomic mass is 9.99. The molecule has 0 aliphatic heterocycles. The maximum atomic E-state index is 12.2. The van der Waals surface area contributed by atoms with Crippen LogP contribution in [0.15, 0.2) is 24.3 Å². The van der Waals surface area contributed by atoms with Crippen LogP contribution in [0.1, 0.15) is 57.1 Å². The maximum Gasteiger partial charge on any atom is 0.227 e. The van der Waals surface area contributed by atoms with Gasteiger partial charge >= 0.3 is 0 Å². The van der Waals surface area contributed by atoms with Crippen LogP contribution in [0, 0.1) is 5.92 Å². The summed E-state index contributed by atoms with van der Waals surface area (Å²) in [6.07, 6.45) is 6.97. The average molecular weight is 260 g/mol. The zero-order chi connectivity index (χ0) is 13.7. The average Bonchev–Trinajstić information content (AvgIpc) is 2.68. The standard InChI is InChI=1S/C16H24N2O/c1-12(17)13-8-10-15(11-9-13)18-16(19)14-6-4-2-3-5-7-14/h8-12,14H,2-7,17H2,1H3,(H,18,19). The molecule has 3 nitrogen and oxygen atoms in total. The highest BCUT2D eigenvalue weighted by molar-refractivity contribution is 5.92. The largest absolute Gasteiger partial charge is 0.326 e. The van der Waals surface area contributed by atoms with E-state index in [0.717, 1.165) is 24.1 Å². The summed E-state index contributed by atoms with van der Waals surface area (Å²) < 4.78 is 0. The molecule has 1 aliphatic rings. The summed E-state index contributed by atoms with van der Waals surface area (Å²) in [5.41, 5.74) is 7.78. The summed E-state index contributed by atoms with van der Waals surface area (Å²) in [6, 6.07) is 7.87. The van der Waals surface area contributed by atoms with Crippen molar-refractivity contribution in [1.29, 1.82) is 0 Å². The molecule has 0 radical (unpaired) electrons. The third-order valence-electron chi connectivity index (χ3n) is 3.93. The van der Waals surface area contributed by atoms with Gasteiger partial charge in [0.15, 0.2) is 0 Å². The maximum absolute atomic E-state index is 12.2. The van der Waals surface area contributed by atoms with Crippen molar-refractivity contribution in [1.82, 2.24) is 0 Å². The van der Waals surface area contributed by atoms with Gasteiger partial charge in [-0.15, -0.1) is 0 Å². The zero-order valence-electron chi connectivity index (χ0n) is 11.7. The van der Waals surface area contributed by atoms with E-state index in [1.165, 1.54) is 25.7 Å². The number of rotatable bonds is 3. The van der Waals surface area contributed by atoms with E-state index in [4.69, 9.17) is 5.73 Å². The summed E-state index contributed by atoms with van der Waals surface area (Å²) >= 11 is 0. The summed E-state index contributed by atoms with van der Waals surface area (Å²) in [5, 5.41) is 3.03. The zero-order valence-corrected chi connectivity index (χ0v) is 11.7. The predicted molar refractivity (Wildman–Crippen MR) is 78.9 cm³/mol. The molecule has 1 saturated carbocycles. The Hall–Kier alpha value is -1.35. The molecule has 19 heavy (non-hydrogen) atoms. The molecular weight excluding hydrogens is 236 g/mol. The van der Waals surface area contributed by atoms with Crippen molar-refractivity contribution >= 4 is 11.6 Å². The molecule has 1 unspecified atom stereocenters. The Bertz CT molecular complexity index is 403. The van der Waals surface area contributed by atoms with E-state index in [2.05, 4.69) is 5.32 Å². The highest BCUT2D eigenvalue weighted by atomic mass is 16.1. The van der Waals surface area contributed by atoms with Gasteiger partial charge in [0.25, 0.3) is 0 Å². The van der Waals surface area contributed by atoms with E-state index in [1.807, 2.05) is 31.2 Å². The Morgan fingerprint density at radius 1 is 1.16 bits per heavy atom. The number of hydrogen-bond acceptors (Lipinski definition) is 2. The minimum absolute atomic E-state index is 0.0339. The summed E-state index contributed by atoms with van der Waals surface area (Å²) in [4.78, 5) is 12.2. The van der Waals surface area contributed by atoms with Gasteiger partial charge in [0, 0.05) is 17.6 Å². The van der Waals surface area contributed by atoms with Crippen LogP contribution in [0.2, 0.25) is 0 Å². The van der Waals surface area contributed by atoms with Gasteiger partial charge in [-0.3, -0.25) is 4.79 Å². The lowest BCUT2D eigenvalue weighted by molar-refractivity contribution is -0.120. The van der Waals surface area contributed by atoms with Crippen LogP contribution in [0.4, 0.5) is 5.69 Å². The summed E-state index contributed by atoms with van der Waals surface area (Å²) in [6.45, 7) is 1.96. The van der Waals surface area contributed by atoms with Crippen molar-refractivity contribution in [3.05, 3.63) is 29.8 Å². The molecule has 3 heteroatoms. The SMILES string of the molecule is CC(N)c1ccc(NC(=O)C2CCCCCC2)cc1. The molecule has 1 aromatic rings. The normalized spacial score (nSPS) is 18.6. The molecule has 0 aromatic heterocycles. The first-order valence-corrected chi connectivity index (χ1v) is 7.33. The fourth-order valence-corrected chi connectivity index (χ4v) is 2.66. The summed E-state index contributed by atoms with van der Waals surface area (Å²) in [5.74, 6) is 0.367. The van der Waals surface area contributed by atoms with E-state index >= 15 is 0 Å². The van der Waals surface area contributed by atoms with E-state index in [0.29, 0.717) is 0 Å². The number of benzene rings is 1. The van der Waals surface area contributed by atoms with Gasteiger partial charge in [0.1, 0.15) is 0 Å². The first kappa shape index (κ1) is 14.1. The second-order valence-corrected chi connectivity index (χ2v) is 5.59. The molecule has 2 rings (SSSR count). The number of carbonyl (C=O) groups is 1. The molecule has 1 amide bonds. The van der Waals surface area contributed by atoms with E-state index in [9.17, 15) is 4.79 Å². The monoisotopic (exact) mass is 260 g/mol. The van der Waals surface area contributed by atoms with Crippen LogP contribution in [0.5, 0.6) is 0 Å². The molecule has 1 aliphatic carbocycles. The van der Waals surface area contributed by atoms with E-state index < -0.39 is 0 Å². The van der Waals surface area contributed by atoms with Crippen molar-refractivity contribution in [2.45, 2.75) is 51.5 Å². The molecule has 1 atom stereocenters. The quantitative estimate of drug-likeness (QED) is 0.816. The lowest BCUT2D eigenvalue weighted by Gasteiger charge is -2.14. The number of amides is 1. The minimum atomic E-state index is 0.0339. The molecular formula is C16H24N2O. The van der Waals surface area contributed by atoms with Gasteiger partial charge in [-0.05, 0) is 37.5 Å². The molecule has 3 N–H and O–H groups in total. The molecule has 0 bridgehead atoms. The number of nitrogens with two attached hydrogens (primary N) is 1. The Morgan fingerprint density at radius 3 is 2.26 bits per heavy atom. The number of hydrogen-bond donors (Lipinski definition) is 2. The Labute approximate surface area is 115 Å². The highest BCUT2D eigenvalue weighted by Gasteiger charge is 2.19. The van der Waals surface area contributed by atoms with Gasteiger partial charge in [0.2, 0.25) is 5.91 Å². The van der Waals surface area contributed by atoms with Crippen LogP contribution in [0.25, 0.3) is 0 Å². The van der Waals surface area contributed by atoms with Crippen LogP contribution in [-0.4, -0.2) is 5.91 Å². The number of nitrogens with one attached hydrogen (secondary N) is 1. The summed E-state index contributed by atoms with van der Waals surface area (Å²) in [7, 11) is 0. The van der Waals surface area contributed by atoms with E-state index in [1.54, 1.807) is 0 Å². The van der Waals surface area contributed by atoms with Gasteiger partial charge in [-0.25, -0.2) is 0 Å². The lowest BCUT2D eigenvalue weighted by Crippen LogP contribution is -2.22. The van der Waals surface area contributed by atoms with Gasteiger partial charge in [0.05, 0.1) is 0 Å². The number of anilines is 1. The van der Waals surface area contributed by atoms with Gasteiger partial charge in [-0.2, -0.15) is 0 Å². The second kappa shape index (κ2) is 6.71. The van der Waals surface area contributed by atoms with Gasteiger partial charge in [-0.1, -0.05) is 37.8 Å².